The number of halogens is 1. The second-order valence-corrected chi connectivity index (χ2v) is 6.20. The fourth-order valence-corrected chi connectivity index (χ4v) is 2.81. The van der Waals surface area contributed by atoms with Crippen molar-refractivity contribution in [1.29, 1.82) is 0 Å². The zero-order valence-electron chi connectivity index (χ0n) is 15.6. The van der Waals surface area contributed by atoms with Crippen LogP contribution in [0.4, 0.5) is 17.2 Å². The number of hydrogen-bond donors (Lipinski definition) is 1. The molecule has 0 bridgehead atoms. The molecule has 144 valence electrons. The van der Waals surface area contributed by atoms with Crippen molar-refractivity contribution in [2.45, 2.75) is 0 Å². The van der Waals surface area contributed by atoms with Crippen LogP contribution in [0.25, 0.3) is 0 Å². The van der Waals surface area contributed by atoms with Gasteiger partial charge in [0.25, 0.3) is 5.91 Å². The van der Waals surface area contributed by atoms with Gasteiger partial charge in [0.05, 0.1) is 24.9 Å². The number of hydrogen-bond acceptors (Lipinski definition) is 6. The predicted octanol–water partition coefficient (Wildman–Crippen LogP) is 4.17. The predicted molar refractivity (Wildman–Crippen MR) is 109 cm³/mol. The van der Waals surface area contributed by atoms with E-state index in [1.165, 1.54) is 20.5 Å². The van der Waals surface area contributed by atoms with Crippen molar-refractivity contribution < 1.29 is 14.3 Å². The lowest BCUT2D eigenvalue weighted by Gasteiger charge is -2.18. The molecule has 0 atom stereocenters. The Morgan fingerprint density at radius 3 is 2.43 bits per heavy atom. The zero-order chi connectivity index (χ0) is 20.1. The van der Waals surface area contributed by atoms with Gasteiger partial charge in [-0.2, -0.15) is 0 Å². The quantitative estimate of drug-likeness (QED) is 0.671. The molecule has 3 rings (SSSR count). The number of aromatic nitrogens is 2. The smallest absolute Gasteiger partial charge is 0.274 e. The number of para-hydroxylation sites is 1. The highest BCUT2D eigenvalue weighted by Crippen LogP contribution is 2.36. The van der Waals surface area contributed by atoms with E-state index in [0.29, 0.717) is 28.0 Å². The standard InChI is InChI=1S/C20H19ClN4O3/c1-25(13-7-5-4-6-8-13)19-11-16(22-12-23-19)20(26)24-15-10-17(27-2)14(21)9-18(15)28-3/h4-12H,1-3H3,(H,24,26). The summed E-state index contributed by atoms with van der Waals surface area (Å²) in [6, 6.07) is 14.5. The van der Waals surface area contributed by atoms with Gasteiger partial charge in [0, 0.05) is 30.9 Å². The van der Waals surface area contributed by atoms with Crippen molar-refractivity contribution >= 4 is 34.7 Å². The SMILES string of the molecule is COc1cc(NC(=O)c2cc(N(C)c3ccccc3)ncn2)c(OC)cc1Cl. The van der Waals surface area contributed by atoms with E-state index < -0.39 is 5.91 Å². The summed E-state index contributed by atoms with van der Waals surface area (Å²) in [6.07, 6.45) is 1.35. The van der Waals surface area contributed by atoms with Crippen LogP contribution in [0, 0.1) is 0 Å². The van der Waals surface area contributed by atoms with Crippen LogP contribution in [0.15, 0.2) is 54.9 Å². The molecule has 1 amide bonds. The van der Waals surface area contributed by atoms with Crippen LogP contribution in [0.1, 0.15) is 10.5 Å². The van der Waals surface area contributed by atoms with Gasteiger partial charge in [-0.3, -0.25) is 4.79 Å². The van der Waals surface area contributed by atoms with Crippen LogP contribution in [-0.2, 0) is 0 Å². The first-order chi connectivity index (χ1) is 13.5. The van der Waals surface area contributed by atoms with Crippen molar-refractivity contribution in [2.24, 2.45) is 0 Å². The number of nitrogens with one attached hydrogen (secondary N) is 1. The number of nitrogens with zero attached hydrogens (tertiary/aromatic N) is 3. The Morgan fingerprint density at radius 1 is 1.04 bits per heavy atom. The highest BCUT2D eigenvalue weighted by atomic mass is 35.5. The van der Waals surface area contributed by atoms with Gasteiger partial charge < -0.3 is 19.7 Å². The van der Waals surface area contributed by atoms with E-state index in [1.807, 2.05) is 42.3 Å². The summed E-state index contributed by atoms with van der Waals surface area (Å²) >= 11 is 6.10. The van der Waals surface area contributed by atoms with Crippen molar-refractivity contribution in [3.63, 3.8) is 0 Å². The molecule has 0 aliphatic carbocycles. The van der Waals surface area contributed by atoms with Gasteiger partial charge in [-0.15, -0.1) is 0 Å². The van der Waals surface area contributed by atoms with Crippen LogP contribution in [-0.4, -0.2) is 37.1 Å². The summed E-state index contributed by atoms with van der Waals surface area (Å²) in [5, 5.41) is 3.15. The molecular weight excluding hydrogens is 380 g/mol. The summed E-state index contributed by atoms with van der Waals surface area (Å²) in [5.41, 5.74) is 1.57. The number of rotatable bonds is 6. The molecule has 3 aromatic rings. The minimum absolute atomic E-state index is 0.212. The number of amides is 1. The first-order valence-corrected chi connectivity index (χ1v) is 8.75. The number of benzene rings is 2. The molecule has 0 radical (unpaired) electrons. The maximum absolute atomic E-state index is 12.7. The number of methoxy groups -OCH3 is 2. The molecule has 8 heteroatoms. The fourth-order valence-electron chi connectivity index (χ4n) is 2.58. The van der Waals surface area contributed by atoms with Gasteiger partial charge in [-0.05, 0) is 12.1 Å². The minimum Gasteiger partial charge on any atom is -0.495 e. The fraction of sp³-hybridized carbons (Fsp3) is 0.150. The van der Waals surface area contributed by atoms with Gasteiger partial charge in [0.1, 0.15) is 29.3 Å². The number of ether oxygens (including phenoxy) is 2. The maximum atomic E-state index is 12.7. The van der Waals surface area contributed by atoms with Gasteiger partial charge in [-0.25, -0.2) is 9.97 Å². The molecule has 0 saturated heterocycles. The molecule has 7 nitrogen and oxygen atoms in total. The lowest BCUT2D eigenvalue weighted by Crippen LogP contribution is -2.17. The van der Waals surface area contributed by atoms with Gasteiger partial charge in [-0.1, -0.05) is 29.8 Å². The molecule has 0 fully saturated rings. The summed E-state index contributed by atoms with van der Waals surface area (Å²) in [4.78, 5) is 22.9. The average Bonchev–Trinajstić information content (AvgIpc) is 2.74. The second-order valence-electron chi connectivity index (χ2n) is 5.80. The average molecular weight is 399 g/mol. The Hall–Kier alpha value is -3.32. The monoisotopic (exact) mass is 398 g/mol. The lowest BCUT2D eigenvalue weighted by atomic mass is 10.2. The lowest BCUT2D eigenvalue weighted by molar-refractivity contribution is 0.102. The highest BCUT2D eigenvalue weighted by Gasteiger charge is 2.16. The first kappa shape index (κ1) is 19.4. The highest BCUT2D eigenvalue weighted by molar-refractivity contribution is 6.32. The van der Waals surface area contributed by atoms with Crippen LogP contribution in [0.5, 0.6) is 11.5 Å². The molecule has 1 N–H and O–H groups in total. The Labute approximate surface area is 167 Å². The Balaban J connectivity index is 1.86. The van der Waals surface area contributed by atoms with E-state index in [0.717, 1.165) is 5.69 Å². The van der Waals surface area contributed by atoms with E-state index in [-0.39, 0.29) is 5.69 Å². The molecular formula is C20H19ClN4O3. The number of anilines is 3. The van der Waals surface area contributed by atoms with Gasteiger partial charge in [0.2, 0.25) is 0 Å². The first-order valence-electron chi connectivity index (χ1n) is 8.37. The topological polar surface area (TPSA) is 76.6 Å². The van der Waals surface area contributed by atoms with Crippen molar-refractivity contribution in [2.75, 3.05) is 31.5 Å². The van der Waals surface area contributed by atoms with E-state index in [2.05, 4.69) is 15.3 Å². The normalized spacial score (nSPS) is 10.3. The Kier molecular flexibility index (Phi) is 5.96. The molecule has 0 aliphatic heterocycles. The molecule has 2 aromatic carbocycles. The third-order valence-electron chi connectivity index (χ3n) is 4.09. The minimum atomic E-state index is -0.409. The van der Waals surface area contributed by atoms with E-state index in [1.54, 1.807) is 18.2 Å². The van der Waals surface area contributed by atoms with E-state index in [4.69, 9.17) is 21.1 Å². The van der Waals surface area contributed by atoms with Crippen LogP contribution in [0.3, 0.4) is 0 Å². The van der Waals surface area contributed by atoms with Gasteiger partial charge >= 0.3 is 0 Å². The molecule has 0 unspecified atom stereocenters. The Bertz CT molecular complexity index is 982. The maximum Gasteiger partial charge on any atom is 0.274 e. The van der Waals surface area contributed by atoms with Gasteiger partial charge in [0.15, 0.2) is 0 Å². The van der Waals surface area contributed by atoms with Crippen LogP contribution in [0.2, 0.25) is 5.02 Å². The molecule has 0 aliphatic rings. The molecule has 1 aromatic heterocycles. The van der Waals surface area contributed by atoms with E-state index >= 15 is 0 Å². The third kappa shape index (κ3) is 4.15. The number of carbonyl (C=O) groups is 1. The van der Waals surface area contributed by atoms with E-state index in [9.17, 15) is 4.79 Å². The third-order valence-corrected chi connectivity index (χ3v) is 4.39. The van der Waals surface area contributed by atoms with Crippen molar-refractivity contribution in [3.05, 3.63) is 65.6 Å². The zero-order valence-corrected chi connectivity index (χ0v) is 16.4. The summed E-state index contributed by atoms with van der Waals surface area (Å²) < 4.78 is 10.5. The summed E-state index contributed by atoms with van der Waals surface area (Å²) in [7, 11) is 4.85. The van der Waals surface area contributed by atoms with Crippen molar-refractivity contribution in [3.8, 4) is 11.5 Å². The van der Waals surface area contributed by atoms with Crippen molar-refractivity contribution in [1.82, 2.24) is 9.97 Å². The second kappa shape index (κ2) is 8.58. The molecule has 0 spiro atoms. The number of carbonyl (C=O) groups excluding carboxylic acids is 1. The molecule has 28 heavy (non-hydrogen) atoms. The summed E-state index contributed by atoms with van der Waals surface area (Å²) in [5.74, 6) is 1.01. The Morgan fingerprint density at radius 2 is 1.75 bits per heavy atom. The van der Waals surface area contributed by atoms with Crippen LogP contribution < -0.4 is 19.7 Å². The molecule has 1 heterocycles. The molecule has 0 saturated carbocycles. The largest absolute Gasteiger partial charge is 0.495 e. The summed E-state index contributed by atoms with van der Waals surface area (Å²) in [6.45, 7) is 0. The van der Waals surface area contributed by atoms with Crippen LogP contribution >= 0.6 is 11.6 Å².